The zero-order chi connectivity index (χ0) is 12.7. The summed E-state index contributed by atoms with van der Waals surface area (Å²) in [5.41, 5.74) is 9.00. The molecule has 2 heterocycles. The summed E-state index contributed by atoms with van der Waals surface area (Å²) in [7, 11) is 2.08. The standard InChI is InChI=1S/C14H19N3O/c1-9-5-11(8-18-9)14-16-12-6-10(7-15)3-4-13(12)17(14)2/h3-4,6,9,11H,5,7-8,15H2,1-2H3. The van der Waals surface area contributed by atoms with Crippen LogP contribution in [0.5, 0.6) is 0 Å². The number of hydrogen-bond donors (Lipinski definition) is 1. The summed E-state index contributed by atoms with van der Waals surface area (Å²) >= 11 is 0. The molecule has 1 aromatic carbocycles. The van der Waals surface area contributed by atoms with Gasteiger partial charge in [-0.3, -0.25) is 0 Å². The Hall–Kier alpha value is -1.39. The molecule has 0 radical (unpaired) electrons. The first-order valence-electron chi connectivity index (χ1n) is 6.46. The summed E-state index contributed by atoms with van der Waals surface area (Å²) in [6.07, 6.45) is 1.40. The molecule has 0 amide bonds. The molecule has 3 rings (SSSR count). The Morgan fingerprint density at radius 1 is 1.50 bits per heavy atom. The van der Waals surface area contributed by atoms with Crippen molar-refractivity contribution in [3.05, 3.63) is 29.6 Å². The molecule has 0 bridgehead atoms. The maximum Gasteiger partial charge on any atom is 0.115 e. The molecule has 1 aliphatic rings. The van der Waals surface area contributed by atoms with E-state index in [-0.39, 0.29) is 0 Å². The fraction of sp³-hybridized carbons (Fsp3) is 0.500. The highest BCUT2D eigenvalue weighted by molar-refractivity contribution is 5.77. The Balaban J connectivity index is 2.05. The smallest absolute Gasteiger partial charge is 0.115 e. The van der Waals surface area contributed by atoms with Crippen molar-refractivity contribution in [1.82, 2.24) is 9.55 Å². The first-order valence-corrected chi connectivity index (χ1v) is 6.46. The molecule has 1 aromatic heterocycles. The Morgan fingerprint density at radius 3 is 3.00 bits per heavy atom. The van der Waals surface area contributed by atoms with E-state index >= 15 is 0 Å². The third-order valence-corrected chi connectivity index (χ3v) is 3.78. The van der Waals surface area contributed by atoms with Crippen molar-refractivity contribution in [2.45, 2.75) is 31.9 Å². The summed E-state index contributed by atoms with van der Waals surface area (Å²) in [5, 5.41) is 0. The normalized spacial score (nSPS) is 23.9. The number of benzene rings is 1. The van der Waals surface area contributed by atoms with E-state index in [1.54, 1.807) is 0 Å². The van der Waals surface area contributed by atoms with Gasteiger partial charge in [-0.2, -0.15) is 0 Å². The summed E-state index contributed by atoms with van der Waals surface area (Å²) in [4.78, 5) is 4.76. The van der Waals surface area contributed by atoms with Gasteiger partial charge in [0.2, 0.25) is 0 Å². The van der Waals surface area contributed by atoms with Crippen molar-refractivity contribution in [2.24, 2.45) is 12.8 Å². The van der Waals surface area contributed by atoms with Gasteiger partial charge < -0.3 is 15.0 Å². The maximum absolute atomic E-state index is 5.67. The van der Waals surface area contributed by atoms with Crippen LogP contribution in [-0.2, 0) is 18.3 Å². The molecule has 1 fully saturated rings. The van der Waals surface area contributed by atoms with E-state index in [0.29, 0.717) is 18.6 Å². The predicted octanol–water partition coefficient (Wildman–Crippen LogP) is 1.92. The van der Waals surface area contributed by atoms with Gasteiger partial charge in [-0.1, -0.05) is 6.07 Å². The van der Waals surface area contributed by atoms with Crippen LogP contribution in [0.4, 0.5) is 0 Å². The second-order valence-electron chi connectivity index (χ2n) is 5.13. The number of aryl methyl sites for hydroxylation is 1. The molecule has 0 aliphatic carbocycles. The third kappa shape index (κ3) is 1.82. The highest BCUT2D eigenvalue weighted by Gasteiger charge is 2.27. The van der Waals surface area contributed by atoms with Gasteiger partial charge in [0, 0.05) is 19.5 Å². The molecule has 0 saturated carbocycles. The monoisotopic (exact) mass is 245 g/mol. The molecular weight excluding hydrogens is 226 g/mol. The molecule has 2 atom stereocenters. The van der Waals surface area contributed by atoms with E-state index in [1.165, 1.54) is 5.52 Å². The SMILES string of the molecule is CC1CC(c2nc3cc(CN)ccc3n2C)CO1. The van der Waals surface area contributed by atoms with E-state index in [2.05, 4.69) is 36.7 Å². The minimum Gasteiger partial charge on any atom is -0.378 e. The number of ether oxygens (including phenoxy) is 1. The number of nitrogens with two attached hydrogens (primary N) is 1. The fourth-order valence-corrected chi connectivity index (χ4v) is 2.75. The Kier molecular flexibility index (Phi) is 2.84. The first kappa shape index (κ1) is 11.7. The quantitative estimate of drug-likeness (QED) is 0.879. The Morgan fingerprint density at radius 2 is 2.33 bits per heavy atom. The summed E-state index contributed by atoms with van der Waals surface area (Å²) < 4.78 is 7.82. The topological polar surface area (TPSA) is 53.1 Å². The zero-order valence-corrected chi connectivity index (χ0v) is 10.9. The molecule has 1 aliphatic heterocycles. The minimum atomic E-state index is 0.342. The van der Waals surface area contributed by atoms with Crippen LogP contribution in [0.2, 0.25) is 0 Å². The number of hydrogen-bond acceptors (Lipinski definition) is 3. The molecule has 4 heteroatoms. The van der Waals surface area contributed by atoms with E-state index < -0.39 is 0 Å². The average molecular weight is 245 g/mol. The largest absolute Gasteiger partial charge is 0.378 e. The number of nitrogens with zero attached hydrogens (tertiary/aromatic N) is 2. The summed E-state index contributed by atoms with van der Waals surface area (Å²) in [5.74, 6) is 1.54. The number of aromatic nitrogens is 2. The van der Waals surface area contributed by atoms with Crippen molar-refractivity contribution in [3.8, 4) is 0 Å². The van der Waals surface area contributed by atoms with Gasteiger partial charge in [0.05, 0.1) is 23.7 Å². The Labute approximate surface area is 107 Å². The molecule has 2 unspecified atom stereocenters. The molecule has 18 heavy (non-hydrogen) atoms. The van der Waals surface area contributed by atoms with Gasteiger partial charge in [0.1, 0.15) is 5.82 Å². The van der Waals surface area contributed by atoms with Crippen LogP contribution in [-0.4, -0.2) is 22.3 Å². The van der Waals surface area contributed by atoms with Crippen LogP contribution >= 0.6 is 0 Å². The highest BCUT2D eigenvalue weighted by atomic mass is 16.5. The van der Waals surface area contributed by atoms with Crippen molar-refractivity contribution in [2.75, 3.05) is 6.61 Å². The van der Waals surface area contributed by atoms with Crippen LogP contribution in [0.1, 0.15) is 30.7 Å². The molecule has 4 nitrogen and oxygen atoms in total. The third-order valence-electron chi connectivity index (χ3n) is 3.78. The molecule has 2 aromatic rings. The van der Waals surface area contributed by atoms with Crippen LogP contribution < -0.4 is 5.73 Å². The Bertz CT molecular complexity index is 576. The lowest BCUT2D eigenvalue weighted by molar-refractivity contribution is 0.123. The number of imidazole rings is 1. The molecule has 0 spiro atoms. The average Bonchev–Trinajstić information content (AvgIpc) is 2.93. The second kappa shape index (κ2) is 4.37. The van der Waals surface area contributed by atoms with Crippen LogP contribution in [0, 0.1) is 0 Å². The van der Waals surface area contributed by atoms with E-state index in [0.717, 1.165) is 29.9 Å². The van der Waals surface area contributed by atoms with Crippen LogP contribution in [0.3, 0.4) is 0 Å². The number of rotatable bonds is 2. The van der Waals surface area contributed by atoms with E-state index in [9.17, 15) is 0 Å². The lowest BCUT2D eigenvalue weighted by Crippen LogP contribution is -2.06. The van der Waals surface area contributed by atoms with Crippen molar-refractivity contribution < 1.29 is 4.74 Å². The molecule has 1 saturated heterocycles. The van der Waals surface area contributed by atoms with Crippen LogP contribution in [0.25, 0.3) is 11.0 Å². The second-order valence-corrected chi connectivity index (χ2v) is 5.13. The van der Waals surface area contributed by atoms with Crippen LogP contribution in [0.15, 0.2) is 18.2 Å². The van der Waals surface area contributed by atoms with Gasteiger partial charge in [-0.15, -0.1) is 0 Å². The minimum absolute atomic E-state index is 0.342. The highest BCUT2D eigenvalue weighted by Crippen LogP contribution is 2.30. The zero-order valence-electron chi connectivity index (χ0n) is 10.9. The van der Waals surface area contributed by atoms with Crippen molar-refractivity contribution >= 4 is 11.0 Å². The van der Waals surface area contributed by atoms with Crippen molar-refractivity contribution in [1.29, 1.82) is 0 Å². The van der Waals surface area contributed by atoms with Gasteiger partial charge in [-0.25, -0.2) is 4.98 Å². The molecule has 2 N–H and O–H groups in total. The lowest BCUT2D eigenvalue weighted by atomic mass is 10.1. The van der Waals surface area contributed by atoms with Gasteiger partial charge >= 0.3 is 0 Å². The first-order chi connectivity index (χ1) is 8.69. The van der Waals surface area contributed by atoms with E-state index in [4.69, 9.17) is 15.5 Å². The molecular formula is C14H19N3O. The lowest BCUT2D eigenvalue weighted by Gasteiger charge is -2.07. The van der Waals surface area contributed by atoms with E-state index in [1.807, 2.05) is 0 Å². The summed E-state index contributed by atoms with van der Waals surface area (Å²) in [6, 6.07) is 6.26. The van der Waals surface area contributed by atoms with Gasteiger partial charge in [-0.05, 0) is 31.0 Å². The fourth-order valence-electron chi connectivity index (χ4n) is 2.75. The number of fused-ring (bicyclic) bond motifs is 1. The predicted molar refractivity (Wildman–Crippen MR) is 71.4 cm³/mol. The molecule has 96 valence electrons. The summed E-state index contributed by atoms with van der Waals surface area (Å²) in [6.45, 7) is 3.46. The van der Waals surface area contributed by atoms with Crippen molar-refractivity contribution in [3.63, 3.8) is 0 Å². The van der Waals surface area contributed by atoms with Gasteiger partial charge in [0.25, 0.3) is 0 Å². The van der Waals surface area contributed by atoms with Gasteiger partial charge in [0.15, 0.2) is 0 Å². The maximum atomic E-state index is 5.67.